The van der Waals surface area contributed by atoms with Crippen LogP contribution in [0.2, 0.25) is 0 Å². The molecule has 148 valence electrons. The van der Waals surface area contributed by atoms with Gasteiger partial charge >= 0.3 is 6.18 Å². The standard InChI is InChI=1S/C17H14F3N3O3S2/c18-17(19,20)12-4-1-2-6-15(12)28(24,25)21-9-10-26-16-8-7-13(22-23-16)14-5-3-11-27-14/h1-8,11,21H,9-10H2. The zero-order valence-corrected chi connectivity index (χ0v) is 15.8. The summed E-state index contributed by atoms with van der Waals surface area (Å²) in [6.07, 6.45) is -4.78. The maximum Gasteiger partial charge on any atom is 0.417 e. The van der Waals surface area contributed by atoms with E-state index in [-0.39, 0.29) is 19.0 Å². The Morgan fingerprint density at radius 2 is 1.82 bits per heavy atom. The zero-order chi connectivity index (χ0) is 20.2. The van der Waals surface area contributed by atoms with Crippen molar-refractivity contribution in [3.05, 3.63) is 59.5 Å². The van der Waals surface area contributed by atoms with E-state index in [2.05, 4.69) is 14.9 Å². The predicted molar refractivity (Wildman–Crippen MR) is 97.5 cm³/mol. The fraction of sp³-hybridized carbons (Fsp3) is 0.176. The molecule has 6 nitrogen and oxygen atoms in total. The van der Waals surface area contributed by atoms with Crippen molar-refractivity contribution in [2.24, 2.45) is 0 Å². The molecule has 3 rings (SSSR count). The van der Waals surface area contributed by atoms with Crippen LogP contribution in [0.25, 0.3) is 10.6 Å². The third-order valence-corrected chi connectivity index (χ3v) is 5.95. The average molecular weight is 429 g/mol. The number of rotatable bonds is 7. The van der Waals surface area contributed by atoms with Gasteiger partial charge in [0.15, 0.2) is 0 Å². The third-order valence-electron chi connectivity index (χ3n) is 3.54. The predicted octanol–water partition coefficient (Wildman–Crippen LogP) is 3.58. The second-order valence-corrected chi connectivity index (χ2v) is 8.16. The fourth-order valence-corrected chi connectivity index (χ4v) is 4.23. The van der Waals surface area contributed by atoms with Gasteiger partial charge in [-0.15, -0.1) is 21.5 Å². The lowest BCUT2D eigenvalue weighted by atomic mass is 10.2. The van der Waals surface area contributed by atoms with E-state index in [1.807, 2.05) is 17.5 Å². The van der Waals surface area contributed by atoms with Crippen molar-refractivity contribution in [2.45, 2.75) is 11.1 Å². The molecule has 0 unspecified atom stereocenters. The molecule has 0 saturated carbocycles. The molecule has 0 fully saturated rings. The van der Waals surface area contributed by atoms with Crippen LogP contribution < -0.4 is 9.46 Å². The van der Waals surface area contributed by atoms with Crippen LogP contribution in [-0.4, -0.2) is 31.8 Å². The van der Waals surface area contributed by atoms with Crippen molar-refractivity contribution in [3.8, 4) is 16.5 Å². The summed E-state index contributed by atoms with van der Waals surface area (Å²) in [5.41, 5.74) is -0.551. The van der Waals surface area contributed by atoms with E-state index in [1.54, 1.807) is 12.1 Å². The van der Waals surface area contributed by atoms with Gasteiger partial charge in [-0.2, -0.15) is 13.2 Å². The largest absolute Gasteiger partial charge is 0.475 e. The van der Waals surface area contributed by atoms with E-state index in [9.17, 15) is 21.6 Å². The maximum atomic E-state index is 13.0. The van der Waals surface area contributed by atoms with Crippen LogP contribution in [0.5, 0.6) is 5.88 Å². The minimum atomic E-state index is -4.78. The quantitative estimate of drug-likeness (QED) is 0.581. The third kappa shape index (κ3) is 4.86. The van der Waals surface area contributed by atoms with E-state index in [0.29, 0.717) is 5.69 Å². The number of hydrogen-bond acceptors (Lipinski definition) is 6. The average Bonchev–Trinajstić information content (AvgIpc) is 3.20. The molecular weight excluding hydrogens is 415 g/mol. The number of benzene rings is 1. The number of thiophene rings is 1. The Hall–Kier alpha value is -2.50. The molecule has 28 heavy (non-hydrogen) atoms. The summed E-state index contributed by atoms with van der Waals surface area (Å²) in [5, 5.41) is 9.80. The summed E-state index contributed by atoms with van der Waals surface area (Å²) in [6.45, 7) is -0.358. The minimum absolute atomic E-state index is 0.125. The van der Waals surface area contributed by atoms with Crippen LogP contribution in [0.4, 0.5) is 13.2 Å². The van der Waals surface area contributed by atoms with Crippen LogP contribution in [0, 0.1) is 0 Å². The van der Waals surface area contributed by atoms with Gasteiger partial charge in [-0.05, 0) is 29.6 Å². The monoisotopic (exact) mass is 429 g/mol. The molecule has 0 aliphatic carbocycles. The lowest BCUT2D eigenvalue weighted by molar-refractivity contribution is -0.139. The van der Waals surface area contributed by atoms with Crippen molar-refractivity contribution in [2.75, 3.05) is 13.2 Å². The number of nitrogens with zero attached hydrogens (tertiary/aromatic N) is 2. The number of aromatic nitrogens is 2. The first-order valence-corrected chi connectivity index (χ1v) is 10.3. The Labute approximate surface area is 163 Å². The van der Waals surface area contributed by atoms with Crippen LogP contribution >= 0.6 is 11.3 Å². The van der Waals surface area contributed by atoms with Crippen LogP contribution in [0.1, 0.15) is 5.56 Å². The van der Waals surface area contributed by atoms with Gasteiger partial charge in [0.2, 0.25) is 15.9 Å². The molecule has 1 aromatic carbocycles. The van der Waals surface area contributed by atoms with Crippen molar-refractivity contribution in [1.82, 2.24) is 14.9 Å². The normalized spacial score (nSPS) is 12.1. The van der Waals surface area contributed by atoms with Crippen molar-refractivity contribution >= 4 is 21.4 Å². The molecule has 0 spiro atoms. The molecule has 0 bridgehead atoms. The van der Waals surface area contributed by atoms with E-state index < -0.39 is 26.7 Å². The van der Waals surface area contributed by atoms with Gasteiger partial charge in [0.25, 0.3) is 0 Å². The molecule has 0 saturated heterocycles. The Balaban J connectivity index is 1.58. The highest BCUT2D eigenvalue weighted by Gasteiger charge is 2.36. The molecule has 3 aromatic rings. The number of alkyl halides is 3. The van der Waals surface area contributed by atoms with Crippen LogP contribution in [0.3, 0.4) is 0 Å². The lowest BCUT2D eigenvalue weighted by Crippen LogP contribution is -2.30. The SMILES string of the molecule is O=S(=O)(NCCOc1ccc(-c2cccs2)nn1)c1ccccc1C(F)(F)F. The minimum Gasteiger partial charge on any atom is -0.475 e. The van der Waals surface area contributed by atoms with Gasteiger partial charge < -0.3 is 4.74 Å². The second kappa shape index (κ2) is 8.25. The molecule has 0 amide bonds. The first-order valence-electron chi connectivity index (χ1n) is 7.94. The Bertz CT molecular complexity index is 1020. The highest BCUT2D eigenvalue weighted by molar-refractivity contribution is 7.89. The van der Waals surface area contributed by atoms with Gasteiger partial charge in [0.1, 0.15) is 12.3 Å². The number of nitrogens with one attached hydrogen (secondary N) is 1. The Morgan fingerprint density at radius 3 is 2.46 bits per heavy atom. The molecule has 1 N–H and O–H groups in total. The number of hydrogen-bond donors (Lipinski definition) is 1. The van der Waals surface area contributed by atoms with Gasteiger partial charge in [-0.3, -0.25) is 0 Å². The Kier molecular flexibility index (Phi) is 5.96. The summed E-state index contributed by atoms with van der Waals surface area (Å²) in [4.78, 5) is 0.109. The summed E-state index contributed by atoms with van der Waals surface area (Å²) in [6, 6.07) is 11.0. The molecule has 0 aliphatic heterocycles. The lowest BCUT2D eigenvalue weighted by Gasteiger charge is -2.13. The fourth-order valence-electron chi connectivity index (χ4n) is 2.30. The summed E-state index contributed by atoms with van der Waals surface area (Å²) in [7, 11) is -4.35. The molecule has 0 aliphatic rings. The van der Waals surface area contributed by atoms with Crippen molar-refractivity contribution in [1.29, 1.82) is 0 Å². The van der Waals surface area contributed by atoms with Gasteiger partial charge in [0, 0.05) is 12.6 Å². The zero-order valence-electron chi connectivity index (χ0n) is 14.2. The van der Waals surface area contributed by atoms with E-state index in [4.69, 9.17) is 4.74 Å². The summed E-state index contributed by atoms with van der Waals surface area (Å²) in [5.74, 6) is 0.176. The van der Waals surface area contributed by atoms with Crippen molar-refractivity contribution in [3.63, 3.8) is 0 Å². The molecular formula is C17H14F3N3O3S2. The number of sulfonamides is 1. The number of ether oxygens (including phenoxy) is 1. The Morgan fingerprint density at radius 1 is 1.04 bits per heavy atom. The topological polar surface area (TPSA) is 81.2 Å². The van der Waals surface area contributed by atoms with Gasteiger partial charge in [0.05, 0.1) is 15.3 Å². The van der Waals surface area contributed by atoms with E-state index in [0.717, 1.165) is 23.1 Å². The van der Waals surface area contributed by atoms with Crippen LogP contribution in [0.15, 0.2) is 58.8 Å². The molecule has 11 heteroatoms. The summed E-state index contributed by atoms with van der Waals surface area (Å²) < 4.78 is 70.7. The summed E-state index contributed by atoms with van der Waals surface area (Å²) >= 11 is 1.51. The van der Waals surface area contributed by atoms with Crippen LogP contribution in [-0.2, 0) is 16.2 Å². The van der Waals surface area contributed by atoms with Crippen molar-refractivity contribution < 1.29 is 26.3 Å². The molecule has 0 atom stereocenters. The van der Waals surface area contributed by atoms with Gasteiger partial charge in [-0.25, -0.2) is 13.1 Å². The van der Waals surface area contributed by atoms with Gasteiger partial charge in [-0.1, -0.05) is 18.2 Å². The van der Waals surface area contributed by atoms with E-state index in [1.165, 1.54) is 17.4 Å². The molecule has 2 heterocycles. The molecule has 2 aromatic heterocycles. The highest BCUT2D eigenvalue weighted by atomic mass is 32.2. The maximum absolute atomic E-state index is 13.0. The smallest absolute Gasteiger partial charge is 0.417 e. The van der Waals surface area contributed by atoms with E-state index >= 15 is 0 Å². The highest BCUT2D eigenvalue weighted by Crippen LogP contribution is 2.33. The molecule has 0 radical (unpaired) electrons. The number of halogens is 3. The first-order chi connectivity index (χ1) is 13.3. The second-order valence-electron chi connectivity index (χ2n) is 5.47. The first kappa shape index (κ1) is 20.2.